The van der Waals surface area contributed by atoms with Crippen molar-refractivity contribution in [2.75, 3.05) is 5.73 Å². The Kier molecular flexibility index (Phi) is 4.98. The lowest BCUT2D eigenvalue weighted by molar-refractivity contribution is 0.0691. The van der Waals surface area contributed by atoms with Crippen LogP contribution >= 0.6 is 0 Å². The number of rotatable bonds is 5. The second-order valence-electron chi connectivity index (χ2n) is 5.57. The minimum atomic E-state index is -1.55. The van der Waals surface area contributed by atoms with Gasteiger partial charge in [-0.05, 0) is 17.7 Å². The van der Waals surface area contributed by atoms with Crippen LogP contribution in [0.5, 0.6) is 5.75 Å². The fourth-order valence-corrected chi connectivity index (χ4v) is 2.45. The Bertz CT molecular complexity index is 1010. The number of ether oxygens (including phenoxy) is 1. The van der Waals surface area contributed by atoms with Crippen LogP contribution < -0.4 is 10.5 Å². The number of nitrogens with two attached hydrogens (primary N) is 1. The molecule has 1 heterocycles. The average Bonchev–Trinajstić information content (AvgIpc) is 2.63. The summed E-state index contributed by atoms with van der Waals surface area (Å²) in [7, 11) is 0. The van der Waals surface area contributed by atoms with E-state index < -0.39 is 46.1 Å². The first-order valence-electron chi connectivity index (χ1n) is 7.73. The minimum absolute atomic E-state index is 0.000850. The van der Waals surface area contributed by atoms with Gasteiger partial charge in [-0.1, -0.05) is 30.3 Å². The van der Waals surface area contributed by atoms with Gasteiger partial charge in [-0.3, -0.25) is 0 Å². The summed E-state index contributed by atoms with van der Waals surface area (Å²) in [6.45, 7) is 0.000850. The molecule has 0 radical (unpaired) electrons. The van der Waals surface area contributed by atoms with Gasteiger partial charge in [0.2, 0.25) is 0 Å². The molecule has 0 aliphatic heterocycles. The number of halogens is 3. The molecule has 0 bridgehead atoms. The van der Waals surface area contributed by atoms with E-state index in [1.54, 1.807) is 30.3 Å². The molecule has 0 saturated carbocycles. The van der Waals surface area contributed by atoms with Crippen LogP contribution in [-0.2, 0) is 6.61 Å². The molecule has 2 aromatic carbocycles. The van der Waals surface area contributed by atoms with E-state index in [4.69, 9.17) is 15.6 Å². The maximum absolute atomic E-state index is 14.8. The summed E-state index contributed by atoms with van der Waals surface area (Å²) in [5.41, 5.74) is 3.33. The van der Waals surface area contributed by atoms with Crippen molar-refractivity contribution in [3.8, 4) is 17.0 Å². The van der Waals surface area contributed by atoms with Crippen molar-refractivity contribution < 1.29 is 27.8 Å². The molecule has 0 fully saturated rings. The molecule has 0 aliphatic carbocycles. The lowest BCUT2D eigenvalue weighted by Gasteiger charge is -2.12. The van der Waals surface area contributed by atoms with Gasteiger partial charge >= 0.3 is 5.97 Å². The smallest absolute Gasteiger partial charge is 0.356 e. The Morgan fingerprint density at radius 3 is 2.44 bits per heavy atom. The summed E-state index contributed by atoms with van der Waals surface area (Å²) in [6, 6.07) is 11.4. The van der Waals surface area contributed by atoms with Crippen molar-refractivity contribution in [3.63, 3.8) is 0 Å². The number of hydrogen-bond acceptors (Lipinski definition) is 4. The van der Waals surface area contributed by atoms with E-state index in [2.05, 4.69) is 4.98 Å². The quantitative estimate of drug-likeness (QED) is 0.704. The van der Waals surface area contributed by atoms with E-state index in [1.165, 1.54) is 0 Å². The number of pyridine rings is 1. The van der Waals surface area contributed by atoms with Crippen LogP contribution in [0.25, 0.3) is 11.3 Å². The minimum Gasteiger partial charge on any atom is -0.486 e. The van der Waals surface area contributed by atoms with Gasteiger partial charge in [0, 0.05) is 6.07 Å². The predicted molar refractivity (Wildman–Crippen MR) is 91.7 cm³/mol. The molecule has 0 unspecified atom stereocenters. The summed E-state index contributed by atoms with van der Waals surface area (Å²) in [4.78, 5) is 14.6. The fourth-order valence-electron chi connectivity index (χ4n) is 2.45. The number of nitrogens with zero attached hydrogens (tertiary/aromatic N) is 1. The number of aromatic nitrogens is 1. The van der Waals surface area contributed by atoms with E-state index in [1.807, 2.05) is 0 Å². The summed E-state index contributed by atoms with van der Waals surface area (Å²) < 4.78 is 48.6. The van der Waals surface area contributed by atoms with Crippen molar-refractivity contribution >= 4 is 11.7 Å². The molecule has 1 aromatic heterocycles. The van der Waals surface area contributed by atoms with Crippen LogP contribution in [0.3, 0.4) is 0 Å². The highest BCUT2D eigenvalue weighted by Gasteiger charge is 2.24. The Balaban J connectivity index is 2.04. The zero-order valence-electron chi connectivity index (χ0n) is 13.7. The predicted octanol–water partition coefficient (Wildman–Crippen LogP) is 4.03. The van der Waals surface area contributed by atoms with Crippen LogP contribution in [-0.4, -0.2) is 16.1 Å². The lowest BCUT2D eigenvalue weighted by atomic mass is 10.1. The van der Waals surface area contributed by atoms with Crippen LogP contribution in [0.2, 0.25) is 0 Å². The molecule has 0 amide bonds. The molecule has 3 N–H and O–H groups in total. The lowest BCUT2D eigenvalue weighted by Crippen LogP contribution is -2.09. The molecule has 8 heteroatoms. The number of anilines is 1. The van der Waals surface area contributed by atoms with Crippen molar-refractivity contribution in [2.24, 2.45) is 0 Å². The standard InChI is InChI=1S/C19H13F3N2O3/c20-11-6-7-14(27-9-10-4-2-1-3-5-10)16(22)15(11)17-12(21)8-13(23)18(24-17)19(25)26/h1-8H,9,23H2,(H,25,26). The Hall–Kier alpha value is -3.55. The van der Waals surface area contributed by atoms with Crippen LogP contribution in [0.15, 0.2) is 48.5 Å². The third-order valence-electron chi connectivity index (χ3n) is 3.74. The van der Waals surface area contributed by atoms with Gasteiger partial charge in [0.25, 0.3) is 0 Å². The average molecular weight is 374 g/mol. The van der Waals surface area contributed by atoms with Crippen molar-refractivity contribution in [1.82, 2.24) is 4.98 Å². The number of carboxylic acids is 1. The molecular weight excluding hydrogens is 361 g/mol. The zero-order valence-corrected chi connectivity index (χ0v) is 13.7. The van der Waals surface area contributed by atoms with Crippen molar-refractivity contribution in [1.29, 1.82) is 0 Å². The van der Waals surface area contributed by atoms with Gasteiger partial charge in [-0.25, -0.2) is 22.9 Å². The molecule has 0 atom stereocenters. The topological polar surface area (TPSA) is 85.4 Å². The number of aromatic carboxylic acids is 1. The van der Waals surface area contributed by atoms with Gasteiger partial charge in [0.15, 0.2) is 23.1 Å². The fraction of sp³-hybridized carbons (Fsp3) is 0.0526. The van der Waals surface area contributed by atoms with E-state index >= 15 is 0 Å². The third kappa shape index (κ3) is 3.69. The second kappa shape index (κ2) is 7.36. The number of carboxylic acid groups (broad SMARTS) is 1. The molecular formula is C19H13F3N2O3. The molecule has 3 rings (SSSR count). The van der Waals surface area contributed by atoms with E-state index in [9.17, 15) is 18.0 Å². The first-order chi connectivity index (χ1) is 12.9. The monoisotopic (exact) mass is 374 g/mol. The van der Waals surface area contributed by atoms with Gasteiger partial charge in [0.05, 0.1) is 11.3 Å². The third-order valence-corrected chi connectivity index (χ3v) is 3.74. The van der Waals surface area contributed by atoms with Crippen molar-refractivity contribution in [2.45, 2.75) is 6.61 Å². The molecule has 0 spiro atoms. The first kappa shape index (κ1) is 18.2. The maximum atomic E-state index is 14.8. The van der Waals surface area contributed by atoms with E-state index in [0.717, 1.165) is 17.7 Å². The molecule has 0 saturated heterocycles. The first-order valence-corrected chi connectivity index (χ1v) is 7.73. The van der Waals surface area contributed by atoms with Gasteiger partial charge < -0.3 is 15.6 Å². The highest BCUT2D eigenvalue weighted by atomic mass is 19.1. The van der Waals surface area contributed by atoms with Gasteiger partial charge in [-0.15, -0.1) is 0 Å². The number of hydrogen-bond donors (Lipinski definition) is 2. The molecule has 138 valence electrons. The van der Waals surface area contributed by atoms with E-state index in [-0.39, 0.29) is 12.4 Å². The molecule has 27 heavy (non-hydrogen) atoms. The summed E-state index contributed by atoms with van der Waals surface area (Å²) in [5, 5.41) is 9.05. The Morgan fingerprint density at radius 1 is 1.07 bits per heavy atom. The summed E-state index contributed by atoms with van der Waals surface area (Å²) in [6.07, 6.45) is 0. The van der Waals surface area contributed by atoms with Crippen molar-refractivity contribution in [3.05, 3.63) is 77.2 Å². The van der Waals surface area contributed by atoms with Crippen LogP contribution in [0.4, 0.5) is 18.9 Å². The maximum Gasteiger partial charge on any atom is 0.356 e. The van der Waals surface area contributed by atoms with Gasteiger partial charge in [0.1, 0.15) is 18.1 Å². The SMILES string of the molecule is Nc1cc(F)c(-c2c(F)ccc(OCc3ccccc3)c2F)nc1C(=O)O. The van der Waals surface area contributed by atoms with Crippen LogP contribution in [0, 0.1) is 17.5 Å². The number of carbonyl (C=O) groups is 1. The number of benzene rings is 2. The van der Waals surface area contributed by atoms with E-state index in [0.29, 0.717) is 6.07 Å². The number of nitrogen functional groups attached to an aromatic ring is 1. The zero-order chi connectivity index (χ0) is 19.6. The Morgan fingerprint density at radius 2 is 1.78 bits per heavy atom. The van der Waals surface area contributed by atoms with Crippen LogP contribution in [0.1, 0.15) is 16.1 Å². The second-order valence-corrected chi connectivity index (χ2v) is 5.57. The Labute approximate surface area is 151 Å². The summed E-state index contributed by atoms with van der Waals surface area (Å²) >= 11 is 0. The molecule has 0 aliphatic rings. The largest absolute Gasteiger partial charge is 0.486 e. The molecule has 3 aromatic rings. The van der Waals surface area contributed by atoms with Gasteiger partial charge in [-0.2, -0.15) is 0 Å². The normalized spacial score (nSPS) is 10.6. The summed E-state index contributed by atoms with van der Waals surface area (Å²) in [5.74, 6) is -5.35. The molecule has 5 nitrogen and oxygen atoms in total. The highest BCUT2D eigenvalue weighted by molar-refractivity contribution is 5.92. The highest BCUT2D eigenvalue weighted by Crippen LogP contribution is 2.33.